The Bertz CT molecular complexity index is 749. The first-order valence-corrected chi connectivity index (χ1v) is 7.91. The summed E-state index contributed by atoms with van der Waals surface area (Å²) in [6.07, 6.45) is 0.691. The van der Waals surface area contributed by atoms with Crippen molar-refractivity contribution in [2.45, 2.75) is 19.0 Å². The Morgan fingerprint density at radius 1 is 1.05 bits per heavy atom. The van der Waals surface area contributed by atoms with E-state index in [4.69, 9.17) is 23.8 Å². The van der Waals surface area contributed by atoms with Gasteiger partial charge < -0.3 is 4.90 Å². The van der Waals surface area contributed by atoms with E-state index in [1.54, 1.807) is 11.0 Å². The number of thiocarbonyl (C=S) groups is 1. The summed E-state index contributed by atoms with van der Waals surface area (Å²) in [4.78, 5) is 16.4. The Balaban J connectivity index is 1.75. The molecule has 1 saturated heterocycles. The number of anilines is 1. The normalized spacial score (nSPS) is 20.1. The van der Waals surface area contributed by atoms with Gasteiger partial charge in [0.05, 0.1) is 10.7 Å². The smallest absolute Gasteiger partial charge is 0.256 e. The first-order valence-electron chi connectivity index (χ1n) is 7.12. The van der Waals surface area contributed by atoms with Crippen LogP contribution in [0.1, 0.15) is 11.1 Å². The maximum atomic E-state index is 12.9. The molecule has 2 aliphatic rings. The molecule has 0 saturated carbocycles. The third kappa shape index (κ3) is 1.95. The second kappa shape index (κ2) is 5.07. The number of hydrogen-bond donors (Lipinski definition) is 0. The molecular weight excluding hydrogens is 316 g/mol. The number of amides is 1. The van der Waals surface area contributed by atoms with Gasteiger partial charge in [-0.3, -0.25) is 9.69 Å². The zero-order chi connectivity index (χ0) is 15.3. The Kier molecular flexibility index (Phi) is 3.17. The quantitative estimate of drug-likeness (QED) is 0.750. The molecule has 0 aromatic heterocycles. The van der Waals surface area contributed by atoms with Crippen molar-refractivity contribution in [3.8, 4) is 0 Å². The summed E-state index contributed by atoms with van der Waals surface area (Å²) in [5.74, 6) is 0.00704. The molecule has 0 aliphatic carbocycles. The number of carbonyl (C=O) groups is 1. The van der Waals surface area contributed by atoms with Crippen molar-refractivity contribution in [1.82, 2.24) is 4.90 Å². The van der Waals surface area contributed by atoms with Gasteiger partial charge in [0.2, 0.25) is 0 Å². The van der Waals surface area contributed by atoms with E-state index in [-0.39, 0.29) is 11.9 Å². The minimum Gasteiger partial charge on any atom is -0.332 e. The molecular formula is C17H13ClN2OS. The lowest BCUT2D eigenvalue weighted by atomic mass is 9.95. The highest BCUT2D eigenvalue weighted by molar-refractivity contribution is 7.80. The van der Waals surface area contributed by atoms with Gasteiger partial charge in [0.1, 0.15) is 6.04 Å². The fraction of sp³-hybridized carbons (Fsp3) is 0.176. The molecule has 0 N–H and O–H groups in total. The summed E-state index contributed by atoms with van der Waals surface area (Å²) in [7, 11) is 0. The standard InChI is InChI=1S/C17H13ClN2OS/c18-13-7-3-4-8-14(13)20-16(21)15-9-11-5-1-2-6-12(11)10-19(15)17(20)22/h1-8,15H,9-10H2. The minimum absolute atomic E-state index is 0.00704. The molecule has 110 valence electrons. The Morgan fingerprint density at radius 3 is 2.50 bits per heavy atom. The van der Waals surface area contributed by atoms with Gasteiger partial charge in [-0.05, 0) is 35.5 Å². The molecule has 2 aromatic rings. The molecule has 3 nitrogen and oxygen atoms in total. The van der Waals surface area contributed by atoms with Gasteiger partial charge in [-0.1, -0.05) is 48.0 Å². The van der Waals surface area contributed by atoms with Crippen molar-refractivity contribution in [1.29, 1.82) is 0 Å². The number of fused-ring (bicyclic) bond motifs is 2. The molecule has 1 fully saturated rings. The topological polar surface area (TPSA) is 23.6 Å². The number of para-hydroxylation sites is 1. The van der Waals surface area contributed by atoms with E-state index in [0.29, 0.717) is 28.8 Å². The third-order valence-electron chi connectivity index (χ3n) is 4.28. The SMILES string of the molecule is O=C1C2Cc3ccccc3CN2C(=S)N1c1ccccc1Cl. The van der Waals surface area contributed by atoms with Gasteiger partial charge in [0.15, 0.2) is 5.11 Å². The minimum atomic E-state index is -0.223. The van der Waals surface area contributed by atoms with Crippen molar-refractivity contribution in [3.05, 3.63) is 64.7 Å². The van der Waals surface area contributed by atoms with Crippen molar-refractivity contribution in [2.24, 2.45) is 0 Å². The van der Waals surface area contributed by atoms with Gasteiger partial charge >= 0.3 is 0 Å². The highest BCUT2D eigenvalue weighted by atomic mass is 35.5. The van der Waals surface area contributed by atoms with Crippen molar-refractivity contribution in [3.63, 3.8) is 0 Å². The molecule has 1 atom stereocenters. The molecule has 1 amide bonds. The largest absolute Gasteiger partial charge is 0.332 e. The second-order valence-electron chi connectivity index (χ2n) is 5.52. The number of hydrogen-bond acceptors (Lipinski definition) is 2. The average Bonchev–Trinajstić information content (AvgIpc) is 2.77. The molecule has 0 spiro atoms. The van der Waals surface area contributed by atoms with Crippen LogP contribution in [0.2, 0.25) is 5.02 Å². The Morgan fingerprint density at radius 2 is 1.73 bits per heavy atom. The van der Waals surface area contributed by atoms with Crippen molar-refractivity contribution in [2.75, 3.05) is 4.90 Å². The molecule has 5 heteroatoms. The van der Waals surface area contributed by atoms with Crippen LogP contribution in [0.5, 0.6) is 0 Å². The summed E-state index contributed by atoms with van der Waals surface area (Å²) in [6, 6.07) is 15.3. The van der Waals surface area contributed by atoms with E-state index in [1.165, 1.54) is 11.1 Å². The monoisotopic (exact) mass is 328 g/mol. The fourth-order valence-electron chi connectivity index (χ4n) is 3.17. The molecule has 0 bridgehead atoms. The molecule has 1 unspecified atom stereocenters. The number of benzene rings is 2. The number of carbonyl (C=O) groups excluding carboxylic acids is 1. The predicted molar refractivity (Wildman–Crippen MR) is 91.0 cm³/mol. The zero-order valence-electron chi connectivity index (χ0n) is 11.7. The first-order chi connectivity index (χ1) is 10.7. The maximum absolute atomic E-state index is 12.9. The molecule has 0 radical (unpaired) electrons. The van der Waals surface area contributed by atoms with Crippen LogP contribution in [0.15, 0.2) is 48.5 Å². The van der Waals surface area contributed by atoms with E-state index in [9.17, 15) is 4.79 Å². The van der Waals surface area contributed by atoms with Crippen LogP contribution in [0.3, 0.4) is 0 Å². The lowest BCUT2D eigenvalue weighted by Crippen LogP contribution is -2.39. The second-order valence-corrected chi connectivity index (χ2v) is 6.30. The highest BCUT2D eigenvalue weighted by Crippen LogP contribution is 2.35. The summed E-state index contributed by atoms with van der Waals surface area (Å²) >= 11 is 11.8. The number of halogens is 1. The summed E-state index contributed by atoms with van der Waals surface area (Å²) < 4.78 is 0. The van der Waals surface area contributed by atoms with E-state index < -0.39 is 0 Å². The van der Waals surface area contributed by atoms with Crippen LogP contribution < -0.4 is 4.90 Å². The highest BCUT2D eigenvalue weighted by Gasteiger charge is 2.45. The van der Waals surface area contributed by atoms with Gasteiger partial charge in [-0.15, -0.1) is 0 Å². The fourth-order valence-corrected chi connectivity index (χ4v) is 3.77. The first kappa shape index (κ1) is 13.7. The van der Waals surface area contributed by atoms with E-state index in [2.05, 4.69) is 12.1 Å². The lowest BCUT2D eigenvalue weighted by molar-refractivity contribution is -0.119. The van der Waals surface area contributed by atoms with Gasteiger partial charge in [0.25, 0.3) is 5.91 Å². The molecule has 2 aliphatic heterocycles. The molecule has 22 heavy (non-hydrogen) atoms. The lowest BCUT2D eigenvalue weighted by Gasteiger charge is -2.30. The van der Waals surface area contributed by atoms with Gasteiger partial charge in [0, 0.05) is 13.0 Å². The van der Waals surface area contributed by atoms with Crippen LogP contribution in [-0.4, -0.2) is 22.0 Å². The van der Waals surface area contributed by atoms with Crippen LogP contribution in [0.25, 0.3) is 0 Å². The molecule has 2 heterocycles. The van der Waals surface area contributed by atoms with Crippen LogP contribution in [-0.2, 0) is 17.8 Å². The molecule has 2 aromatic carbocycles. The van der Waals surface area contributed by atoms with E-state index in [1.807, 2.05) is 35.2 Å². The maximum Gasteiger partial charge on any atom is 0.256 e. The Labute approximate surface area is 139 Å². The van der Waals surface area contributed by atoms with Gasteiger partial charge in [-0.25, -0.2) is 0 Å². The predicted octanol–water partition coefficient (Wildman–Crippen LogP) is 3.40. The molecule has 4 rings (SSSR count). The summed E-state index contributed by atoms with van der Waals surface area (Å²) in [5, 5.41) is 1.08. The zero-order valence-corrected chi connectivity index (χ0v) is 13.3. The van der Waals surface area contributed by atoms with Crippen LogP contribution in [0.4, 0.5) is 5.69 Å². The van der Waals surface area contributed by atoms with E-state index >= 15 is 0 Å². The number of nitrogens with zero attached hydrogens (tertiary/aromatic N) is 2. The van der Waals surface area contributed by atoms with E-state index in [0.717, 1.165) is 0 Å². The van der Waals surface area contributed by atoms with Gasteiger partial charge in [-0.2, -0.15) is 0 Å². The van der Waals surface area contributed by atoms with Crippen LogP contribution >= 0.6 is 23.8 Å². The van der Waals surface area contributed by atoms with Crippen molar-refractivity contribution < 1.29 is 4.79 Å². The average molecular weight is 329 g/mol. The summed E-state index contributed by atoms with van der Waals surface area (Å²) in [6.45, 7) is 0.673. The summed E-state index contributed by atoms with van der Waals surface area (Å²) in [5.41, 5.74) is 3.12. The number of rotatable bonds is 1. The third-order valence-corrected chi connectivity index (χ3v) is 5.02. The van der Waals surface area contributed by atoms with Crippen LogP contribution in [0, 0.1) is 0 Å². The Hall–Kier alpha value is -1.91. The van der Waals surface area contributed by atoms with Crippen molar-refractivity contribution >= 4 is 40.5 Å².